The van der Waals surface area contributed by atoms with E-state index in [0.29, 0.717) is 0 Å². The van der Waals surface area contributed by atoms with E-state index in [1.165, 1.54) is 7.11 Å². The Labute approximate surface area is 227 Å². The summed E-state index contributed by atoms with van der Waals surface area (Å²) < 4.78 is 14.2. The number of hydrogen-bond acceptors (Lipinski definition) is 4. The van der Waals surface area contributed by atoms with E-state index in [1.807, 2.05) is 62.6 Å². The first-order valence-corrected chi connectivity index (χ1v) is 13.7. The maximum Gasteiger partial charge on any atom is 0.309 e. The summed E-state index contributed by atoms with van der Waals surface area (Å²) in [7, 11) is 5.47. The van der Waals surface area contributed by atoms with Crippen LogP contribution in [0.2, 0.25) is 0 Å². The largest absolute Gasteiger partial charge is 0.469 e. The first kappa shape index (κ1) is 24.7. The highest BCUT2D eigenvalue weighted by atomic mass is 16.5. The molecule has 38 heavy (non-hydrogen) atoms. The van der Waals surface area contributed by atoms with Gasteiger partial charge in [-0.15, -0.1) is 0 Å². The molecule has 0 aromatic heterocycles. The van der Waals surface area contributed by atoms with Gasteiger partial charge in [-0.3, -0.25) is 9.59 Å². The quantitative estimate of drug-likeness (QED) is 0.312. The van der Waals surface area contributed by atoms with Gasteiger partial charge < -0.3 is 14.5 Å². The second-order valence-corrected chi connectivity index (χ2v) is 10.8. The first-order valence-electron chi connectivity index (χ1n) is 14.3. The highest BCUT2D eigenvalue weighted by Crippen LogP contribution is 2.48. The average molecular weight is 512 g/mol. The van der Waals surface area contributed by atoms with Gasteiger partial charge >= 0.3 is 5.97 Å². The zero-order chi connectivity index (χ0) is 27.5. The number of nitrogens with zero attached hydrogens (tertiary/aromatic N) is 2. The molecule has 5 nitrogen and oxygen atoms in total. The Balaban J connectivity index is 1.42. The number of esters is 1. The van der Waals surface area contributed by atoms with Gasteiger partial charge in [-0.05, 0) is 71.7 Å². The Morgan fingerprint density at radius 2 is 1.55 bits per heavy atom. The lowest BCUT2D eigenvalue weighted by molar-refractivity contribution is -0.142. The van der Waals surface area contributed by atoms with Crippen molar-refractivity contribution in [3.05, 3.63) is 83.9 Å². The van der Waals surface area contributed by atoms with Gasteiger partial charge in [0.1, 0.15) is 0 Å². The number of methoxy groups -OCH3 is 1. The van der Waals surface area contributed by atoms with Crippen molar-refractivity contribution >= 4 is 23.3 Å². The van der Waals surface area contributed by atoms with Crippen molar-refractivity contribution in [2.75, 3.05) is 31.0 Å². The monoisotopic (exact) mass is 511 g/mol. The van der Waals surface area contributed by atoms with Crippen LogP contribution in [0.15, 0.2) is 72.8 Å². The smallest absolute Gasteiger partial charge is 0.309 e. The number of ether oxygens (including phenoxy) is 1. The molecule has 0 aliphatic heterocycles. The van der Waals surface area contributed by atoms with Gasteiger partial charge in [0.25, 0.3) is 0 Å². The van der Waals surface area contributed by atoms with Crippen molar-refractivity contribution in [2.24, 2.45) is 11.8 Å². The summed E-state index contributed by atoms with van der Waals surface area (Å²) in [4.78, 5) is 29.7. The van der Waals surface area contributed by atoms with E-state index >= 15 is 0 Å². The highest BCUT2D eigenvalue weighted by molar-refractivity contribution is 5.95. The minimum absolute atomic E-state index is 0.0236. The lowest BCUT2D eigenvalue weighted by atomic mass is 9.88. The standard InChI is InChI=1S/C33H38N2O3/c1-34(2)28-18-16-25(17-19-28)24-14-12-23(13-15-24)22-35(32(36)26-8-5-4-6-9-26)29-11-7-10-27(20-29)30-21-31(30)33(37)38-3/h7,10-20,26,30-31H,4-6,8-9,21-22H2,1-3H3/i22D. The lowest BCUT2D eigenvalue weighted by Gasteiger charge is -2.30. The first-order chi connectivity index (χ1) is 18.9. The maximum absolute atomic E-state index is 13.9. The Morgan fingerprint density at radius 1 is 0.895 bits per heavy atom. The molecule has 3 atom stereocenters. The fourth-order valence-electron chi connectivity index (χ4n) is 5.55. The fourth-order valence-corrected chi connectivity index (χ4v) is 5.55. The van der Waals surface area contributed by atoms with Crippen molar-refractivity contribution in [1.29, 1.82) is 0 Å². The molecule has 3 aromatic rings. The van der Waals surface area contributed by atoms with E-state index in [-0.39, 0.29) is 29.6 Å². The summed E-state index contributed by atoms with van der Waals surface area (Å²) >= 11 is 0. The number of carbonyl (C=O) groups is 2. The molecule has 3 aromatic carbocycles. The Hall–Kier alpha value is -3.60. The fraction of sp³-hybridized carbons (Fsp3) is 0.394. The third-order valence-electron chi connectivity index (χ3n) is 7.97. The number of carbonyl (C=O) groups excluding carboxylic acids is 2. The molecular weight excluding hydrogens is 472 g/mol. The Kier molecular flexibility index (Phi) is 7.43. The molecule has 2 saturated carbocycles. The molecule has 0 radical (unpaired) electrons. The number of amides is 1. The van der Waals surface area contributed by atoms with Crippen LogP contribution in [0.4, 0.5) is 11.4 Å². The second kappa shape index (κ2) is 11.4. The van der Waals surface area contributed by atoms with Crippen LogP contribution >= 0.6 is 0 Å². The molecule has 3 unspecified atom stereocenters. The minimum Gasteiger partial charge on any atom is -0.469 e. The minimum atomic E-state index is -0.865. The van der Waals surface area contributed by atoms with E-state index in [9.17, 15) is 11.0 Å². The van der Waals surface area contributed by atoms with Crippen LogP contribution in [0.25, 0.3) is 11.1 Å². The highest BCUT2D eigenvalue weighted by Gasteiger charge is 2.45. The predicted molar refractivity (Wildman–Crippen MR) is 153 cm³/mol. The SMILES string of the molecule is [2H]C(c1ccc(-c2ccc(N(C)C)cc2)cc1)N(C(=O)C1CCCCC1)c1cccc(C2CC2C(=O)OC)c1. The van der Waals surface area contributed by atoms with Gasteiger partial charge in [0.2, 0.25) is 5.91 Å². The van der Waals surface area contributed by atoms with Gasteiger partial charge in [-0.25, -0.2) is 0 Å². The topological polar surface area (TPSA) is 49.9 Å². The molecule has 1 amide bonds. The van der Waals surface area contributed by atoms with E-state index in [2.05, 4.69) is 29.2 Å². The van der Waals surface area contributed by atoms with Crippen LogP contribution in [0.3, 0.4) is 0 Å². The van der Waals surface area contributed by atoms with Gasteiger partial charge in [0.15, 0.2) is 0 Å². The Bertz CT molecular complexity index is 1300. The van der Waals surface area contributed by atoms with Crippen LogP contribution in [0.1, 0.15) is 56.9 Å². The summed E-state index contributed by atoms with van der Waals surface area (Å²) in [6.45, 7) is -0.865. The van der Waals surface area contributed by atoms with Crippen molar-refractivity contribution < 1.29 is 15.7 Å². The molecular formula is C33H38N2O3. The average Bonchev–Trinajstić information content (AvgIpc) is 3.79. The molecule has 198 valence electrons. The van der Waals surface area contributed by atoms with Crippen LogP contribution in [-0.4, -0.2) is 33.1 Å². The van der Waals surface area contributed by atoms with E-state index in [4.69, 9.17) is 4.74 Å². The number of anilines is 2. The predicted octanol–water partition coefficient (Wildman–Crippen LogP) is 6.81. The van der Waals surface area contributed by atoms with Crippen LogP contribution in [-0.2, 0) is 20.8 Å². The van der Waals surface area contributed by atoms with E-state index in [0.717, 1.165) is 72.2 Å². The van der Waals surface area contributed by atoms with Crippen LogP contribution in [0.5, 0.6) is 0 Å². The zero-order valence-electron chi connectivity index (χ0n) is 23.6. The summed E-state index contributed by atoms with van der Waals surface area (Å²) in [5, 5.41) is 0. The normalized spacial score (nSPS) is 20.2. The van der Waals surface area contributed by atoms with Crippen molar-refractivity contribution in [2.45, 2.75) is 51.0 Å². The molecule has 5 heteroatoms. The third-order valence-corrected chi connectivity index (χ3v) is 7.97. The Morgan fingerprint density at radius 3 is 2.18 bits per heavy atom. The van der Waals surface area contributed by atoms with Gasteiger partial charge in [0, 0.05) is 31.4 Å². The lowest BCUT2D eigenvalue weighted by Crippen LogP contribution is -2.36. The molecule has 0 N–H and O–H groups in total. The molecule has 2 fully saturated rings. The van der Waals surface area contributed by atoms with E-state index < -0.39 is 6.52 Å². The van der Waals surface area contributed by atoms with Gasteiger partial charge in [-0.2, -0.15) is 0 Å². The summed E-state index contributed by atoms with van der Waals surface area (Å²) in [5.41, 5.74) is 5.85. The van der Waals surface area contributed by atoms with Crippen LogP contribution < -0.4 is 9.80 Å². The number of rotatable bonds is 8. The van der Waals surface area contributed by atoms with E-state index in [1.54, 1.807) is 4.90 Å². The van der Waals surface area contributed by atoms with Crippen molar-refractivity contribution in [3.63, 3.8) is 0 Å². The molecule has 0 spiro atoms. The molecule has 5 rings (SSSR count). The molecule has 2 aliphatic carbocycles. The molecule has 0 saturated heterocycles. The summed E-state index contributed by atoms with van der Waals surface area (Å²) in [6.07, 6.45) is 5.77. The van der Waals surface area contributed by atoms with Gasteiger partial charge in [-0.1, -0.05) is 67.8 Å². The van der Waals surface area contributed by atoms with Crippen LogP contribution in [0, 0.1) is 11.8 Å². The molecule has 2 aliphatic rings. The maximum atomic E-state index is 13.9. The third kappa shape index (κ3) is 5.77. The number of hydrogen-bond donors (Lipinski definition) is 0. The summed E-state index contributed by atoms with van der Waals surface area (Å²) in [5.74, 6) is -0.246. The summed E-state index contributed by atoms with van der Waals surface area (Å²) in [6, 6.07) is 24.3. The molecule has 0 bridgehead atoms. The number of benzene rings is 3. The molecule has 0 heterocycles. The van der Waals surface area contributed by atoms with Crippen molar-refractivity contribution in [1.82, 2.24) is 0 Å². The van der Waals surface area contributed by atoms with Crippen molar-refractivity contribution in [3.8, 4) is 11.1 Å². The van der Waals surface area contributed by atoms with Gasteiger partial charge in [0.05, 0.1) is 20.9 Å². The zero-order valence-corrected chi connectivity index (χ0v) is 22.6. The second-order valence-electron chi connectivity index (χ2n) is 10.8.